The van der Waals surface area contributed by atoms with E-state index in [1.807, 2.05) is 6.92 Å². The molecule has 0 bridgehead atoms. The van der Waals surface area contributed by atoms with E-state index in [4.69, 9.17) is 0 Å². The summed E-state index contributed by atoms with van der Waals surface area (Å²) in [5.74, 6) is 0.396. The van der Waals surface area contributed by atoms with E-state index in [1.165, 1.54) is 19.3 Å². The number of aromatic nitrogens is 1. The van der Waals surface area contributed by atoms with E-state index in [1.54, 1.807) is 12.3 Å². The van der Waals surface area contributed by atoms with Crippen LogP contribution in [-0.2, 0) is 0 Å². The minimum atomic E-state index is -0.373. The van der Waals surface area contributed by atoms with Gasteiger partial charge in [0.05, 0.1) is 4.92 Å². The van der Waals surface area contributed by atoms with E-state index in [9.17, 15) is 10.1 Å². The second-order valence-corrected chi connectivity index (χ2v) is 5.24. The molecule has 2 rings (SSSR count). The van der Waals surface area contributed by atoms with Crippen molar-refractivity contribution in [2.75, 3.05) is 11.9 Å². The van der Waals surface area contributed by atoms with Crippen molar-refractivity contribution >= 4 is 11.5 Å². The van der Waals surface area contributed by atoms with E-state index in [2.05, 4.69) is 17.2 Å². The SMILES string of the molecule is CCCC1(CNc2ncc(C)cc2[N+](=O)[O-])CC1. The third-order valence-electron chi connectivity index (χ3n) is 3.57. The predicted octanol–water partition coefficient (Wildman–Crippen LogP) is 3.29. The van der Waals surface area contributed by atoms with Gasteiger partial charge in [-0.2, -0.15) is 0 Å². The number of anilines is 1. The van der Waals surface area contributed by atoms with Crippen LogP contribution in [0.15, 0.2) is 12.3 Å². The zero-order valence-electron chi connectivity index (χ0n) is 10.9. The second-order valence-electron chi connectivity index (χ2n) is 5.24. The van der Waals surface area contributed by atoms with Crippen molar-refractivity contribution in [2.45, 2.75) is 39.5 Å². The summed E-state index contributed by atoms with van der Waals surface area (Å²) in [7, 11) is 0. The van der Waals surface area contributed by atoms with E-state index in [-0.39, 0.29) is 10.6 Å². The summed E-state index contributed by atoms with van der Waals surface area (Å²) in [6.45, 7) is 4.77. The van der Waals surface area contributed by atoms with Crippen LogP contribution in [0.2, 0.25) is 0 Å². The number of hydrogen-bond donors (Lipinski definition) is 1. The van der Waals surface area contributed by atoms with Crippen LogP contribution in [0.4, 0.5) is 11.5 Å². The van der Waals surface area contributed by atoms with E-state index >= 15 is 0 Å². The van der Waals surface area contributed by atoms with Gasteiger partial charge >= 0.3 is 5.69 Å². The number of hydrogen-bond acceptors (Lipinski definition) is 4. The van der Waals surface area contributed by atoms with Gasteiger partial charge in [-0.25, -0.2) is 4.98 Å². The molecule has 1 heterocycles. The highest BCUT2D eigenvalue weighted by molar-refractivity contribution is 5.56. The Morgan fingerprint density at radius 3 is 2.83 bits per heavy atom. The standard InChI is InChI=1S/C13H19N3O2/c1-3-4-13(5-6-13)9-15-12-11(16(17)18)7-10(2)8-14-12/h7-8H,3-6,9H2,1-2H3,(H,14,15). The molecule has 5 nitrogen and oxygen atoms in total. The van der Waals surface area contributed by atoms with Crippen LogP contribution in [0.25, 0.3) is 0 Å². The van der Waals surface area contributed by atoms with Crippen LogP contribution in [0.1, 0.15) is 38.2 Å². The Morgan fingerprint density at radius 2 is 2.28 bits per heavy atom. The summed E-state index contributed by atoms with van der Waals surface area (Å²) in [5, 5.41) is 14.1. The Morgan fingerprint density at radius 1 is 1.56 bits per heavy atom. The highest BCUT2D eigenvalue weighted by Gasteiger charge is 2.41. The average Bonchev–Trinajstić information content (AvgIpc) is 3.08. The van der Waals surface area contributed by atoms with Gasteiger partial charge in [-0.3, -0.25) is 10.1 Å². The first-order chi connectivity index (χ1) is 8.56. The summed E-state index contributed by atoms with van der Waals surface area (Å²) < 4.78 is 0. The quantitative estimate of drug-likeness (QED) is 0.620. The Labute approximate surface area is 107 Å². The molecule has 1 fully saturated rings. The number of nitro groups is 1. The van der Waals surface area contributed by atoms with Crippen LogP contribution in [0.3, 0.4) is 0 Å². The largest absolute Gasteiger partial charge is 0.364 e. The number of nitrogens with zero attached hydrogens (tertiary/aromatic N) is 2. The topological polar surface area (TPSA) is 68.1 Å². The molecule has 0 atom stereocenters. The van der Waals surface area contributed by atoms with E-state index in [0.29, 0.717) is 11.2 Å². The molecule has 1 aliphatic carbocycles. The summed E-state index contributed by atoms with van der Waals surface area (Å²) >= 11 is 0. The van der Waals surface area contributed by atoms with Gasteiger partial charge in [0.2, 0.25) is 5.82 Å². The average molecular weight is 249 g/mol. The molecule has 0 spiro atoms. The first kappa shape index (κ1) is 12.8. The zero-order valence-corrected chi connectivity index (χ0v) is 10.9. The van der Waals surface area contributed by atoms with Crippen LogP contribution < -0.4 is 5.32 Å². The maximum absolute atomic E-state index is 11.0. The molecule has 18 heavy (non-hydrogen) atoms. The summed E-state index contributed by atoms with van der Waals surface area (Å²) in [6.07, 6.45) is 6.43. The van der Waals surface area contributed by atoms with Gasteiger partial charge in [-0.1, -0.05) is 13.3 Å². The van der Waals surface area contributed by atoms with Crippen molar-refractivity contribution in [1.82, 2.24) is 4.98 Å². The molecule has 1 aliphatic rings. The highest BCUT2D eigenvalue weighted by Crippen LogP contribution is 2.49. The molecular formula is C13H19N3O2. The van der Waals surface area contributed by atoms with Crippen molar-refractivity contribution in [3.05, 3.63) is 27.9 Å². The van der Waals surface area contributed by atoms with Gasteiger partial charge in [-0.05, 0) is 37.2 Å². The predicted molar refractivity (Wildman–Crippen MR) is 70.7 cm³/mol. The molecular weight excluding hydrogens is 230 g/mol. The second kappa shape index (κ2) is 4.92. The lowest BCUT2D eigenvalue weighted by Gasteiger charge is -2.15. The molecule has 0 unspecified atom stereocenters. The minimum absolute atomic E-state index is 0.0716. The summed E-state index contributed by atoms with van der Waals surface area (Å²) in [5.41, 5.74) is 1.24. The molecule has 1 aromatic heterocycles. The molecule has 1 aromatic rings. The fourth-order valence-electron chi connectivity index (χ4n) is 2.32. The minimum Gasteiger partial charge on any atom is -0.364 e. The summed E-state index contributed by atoms with van der Waals surface area (Å²) in [6, 6.07) is 1.56. The van der Waals surface area contributed by atoms with Gasteiger partial charge in [0, 0.05) is 18.8 Å². The number of aryl methyl sites for hydroxylation is 1. The first-order valence-corrected chi connectivity index (χ1v) is 6.41. The van der Waals surface area contributed by atoms with Crippen molar-refractivity contribution < 1.29 is 4.92 Å². The maximum Gasteiger partial charge on any atom is 0.311 e. The molecule has 98 valence electrons. The Bertz CT molecular complexity index is 456. The van der Waals surface area contributed by atoms with Crippen molar-refractivity contribution in [2.24, 2.45) is 5.41 Å². The fraction of sp³-hybridized carbons (Fsp3) is 0.615. The molecule has 1 N–H and O–H groups in total. The van der Waals surface area contributed by atoms with Gasteiger partial charge in [0.15, 0.2) is 0 Å². The Balaban J connectivity index is 2.07. The molecule has 5 heteroatoms. The van der Waals surface area contributed by atoms with Crippen molar-refractivity contribution in [1.29, 1.82) is 0 Å². The summed E-state index contributed by atoms with van der Waals surface area (Å²) in [4.78, 5) is 14.7. The third-order valence-corrected chi connectivity index (χ3v) is 3.57. The van der Waals surface area contributed by atoms with Crippen LogP contribution in [0, 0.1) is 22.5 Å². The van der Waals surface area contributed by atoms with E-state index in [0.717, 1.165) is 18.5 Å². The molecule has 0 aliphatic heterocycles. The van der Waals surface area contributed by atoms with Crippen LogP contribution in [0.5, 0.6) is 0 Å². The van der Waals surface area contributed by atoms with Crippen molar-refractivity contribution in [3.8, 4) is 0 Å². The van der Waals surface area contributed by atoms with Gasteiger partial charge in [0.1, 0.15) is 0 Å². The molecule has 0 amide bonds. The lowest BCUT2D eigenvalue weighted by Crippen LogP contribution is -2.16. The lowest BCUT2D eigenvalue weighted by molar-refractivity contribution is -0.384. The smallest absolute Gasteiger partial charge is 0.311 e. The molecule has 0 radical (unpaired) electrons. The van der Waals surface area contributed by atoms with Crippen LogP contribution in [-0.4, -0.2) is 16.5 Å². The van der Waals surface area contributed by atoms with Gasteiger partial charge in [0.25, 0.3) is 0 Å². The monoisotopic (exact) mass is 249 g/mol. The van der Waals surface area contributed by atoms with Crippen LogP contribution >= 0.6 is 0 Å². The normalized spacial score (nSPS) is 16.3. The molecule has 0 aromatic carbocycles. The van der Waals surface area contributed by atoms with E-state index < -0.39 is 0 Å². The number of rotatable bonds is 6. The maximum atomic E-state index is 11.0. The lowest BCUT2D eigenvalue weighted by atomic mass is 10.0. The zero-order chi connectivity index (χ0) is 13.2. The first-order valence-electron chi connectivity index (χ1n) is 6.41. The van der Waals surface area contributed by atoms with Gasteiger partial charge in [-0.15, -0.1) is 0 Å². The Kier molecular flexibility index (Phi) is 3.50. The fourth-order valence-corrected chi connectivity index (χ4v) is 2.32. The highest BCUT2D eigenvalue weighted by atomic mass is 16.6. The van der Waals surface area contributed by atoms with Crippen molar-refractivity contribution in [3.63, 3.8) is 0 Å². The molecule has 1 saturated carbocycles. The Hall–Kier alpha value is -1.65. The number of nitrogens with one attached hydrogen (secondary N) is 1. The number of pyridine rings is 1. The van der Waals surface area contributed by atoms with Gasteiger partial charge < -0.3 is 5.32 Å². The third kappa shape index (κ3) is 2.78. The molecule has 0 saturated heterocycles.